The number of anilines is 1. The maximum atomic E-state index is 13.4. The highest BCUT2D eigenvalue weighted by molar-refractivity contribution is 8.00. The minimum absolute atomic E-state index is 0.0389. The largest absolute Gasteiger partial charge is 0.379 e. The highest BCUT2D eigenvalue weighted by atomic mass is 32.2. The van der Waals surface area contributed by atoms with Gasteiger partial charge in [-0.3, -0.25) is 9.69 Å². The topological polar surface area (TPSA) is 32.8 Å². The molecule has 1 fully saturated rings. The number of carbonyl (C=O) groups is 1. The van der Waals surface area contributed by atoms with Gasteiger partial charge >= 0.3 is 0 Å². The maximum absolute atomic E-state index is 13.4. The molecule has 0 radical (unpaired) electrons. The van der Waals surface area contributed by atoms with Crippen molar-refractivity contribution in [1.82, 2.24) is 4.90 Å². The zero-order chi connectivity index (χ0) is 20.5. The SMILES string of the molecule is C[C@@H]1CC(=O)C2=C(C1)N(CN1CCOCC1)c1ccccc1S[C@@H]2c1ccccc1. The van der Waals surface area contributed by atoms with Crippen molar-refractivity contribution < 1.29 is 9.53 Å². The lowest BCUT2D eigenvalue weighted by atomic mass is 9.83. The lowest BCUT2D eigenvalue weighted by Crippen LogP contribution is -2.45. The summed E-state index contributed by atoms with van der Waals surface area (Å²) in [5.74, 6) is 0.681. The molecule has 0 bridgehead atoms. The molecule has 156 valence electrons. The molecule has 2 aromatic rings. The Morgan fingerprint density at radius 1 is 1.00 bits per heavy atom. The van der Waals surface area contributed by atoms with E-state index >= 15 is 0 Å². The number of Topliss-reactive ketones (excluding diaryl/α,β-unsaturated/α-hetero) is 1. The number of allylic oxidation sites excluding steroid dienone is 1. The van der Waals surface area contributed by atoms with Crippen molar-refractivity contribution in [2.24, 2.45) is 5.92 Å². The van der Waals surface area contributed by atoms with Crippen molar-refractivity contribution in [1.29, 1.82) is 0 Å². The first-order chi connectivity index (χ1) is 14.7. The van der Waals surface area contributed by atoms with Gasteiger partial charge < -0.3 is 9.64 Å². The molecule has 0 unspecified atom stereocenters. The summed E-state index contributed by atoms with van der Waals surface area (Å²) in [5, 5.41) is 0.0389. The summed E-state index contributed by atoms with van der Waals surface area (Å²) in [6.45, 7) is 6.42. The van der Waals surface area contributed by atoms with Gasteiger partial charge in [0, 0.05) is 35.7 Å². The minimum atomic E-state index is 0.0389. The van der Waals surface area contributed by atoms with Crippen LogP contribution >= 0.6 is 11.8 Å². The molecule has 3 aliphatic rings. The van der Waals surface area contributed by atoms with Crippen molar-refractivity contribution in [2.45, 2.75) is 29.9 Å². The van der Waals surface area contributed by atoms with Crippen LogP contribution in [0.2, 0.25) is 0 Å². The molecule has 4 nitrogen and oxygen atoms in total. The van der Waals surface area contributed by atoms with E-state index in [0.717, 1.165) is 45.0 Å². The lowest BCUT2D eigenvalue weighted by molar-refractivity contribution is -0.117. The number of nitrogens with zero attached hydrogens (tertiary/aromatic N) is 2. The number of morpholine rings is 1. The van der Waals surface area contributed by atoms with Crippen LogP contribution in [-0.2, 0) is 9.53 Å². The van der Waals surface area contributed by atoms with Crippen LogP contribution in [0.15, 0.2) is 70.8 Å². The molecule has 0 spiro atoms. The number of fused-ring (bicyclic) bond motifs is 1. The van der Waals surface area contributed by atoms with Crippen LogP contribution in [0.4, 0.5) is 5.69 Å². The van der Waals surface area contributed by atoms with Gasteiger partial charge in [-0.2, -0.15) is 0 Å². The normalized spacial score (nSPS) is 25.0. The molecule has 2 aliphatic heterocycles. The second-order valence-corrected chi connectivity index (χ2v) is 9.62. The van der Waals surface area contributed by atoms with Gasteiger partial charge in [-0.25, -0.2) is 0 Å². The number of para-hydroxylation sites is 1. The highest BCUT2D eigenvalue weighted by Crippen LogP contribution is 2.52. The standard InChI is InChI=1S/C25H28N2O2S/c1-18-15-21-24(22(28)16-18)25(19-7-3-2-4-8-19)30-23-10-6-5-9-20(23)27(21)17-26-11-13-29-14-12-26/h2-10,18,25H,11-17H2,1H3/t18-,25+/m0/s1. The van der Waals surface area contributed by atoms with Gasteiger partial charge in [0.2, 0.25) is 0 Å². The van der Waals surface area contributed by atoms with Gasteiger partial charge in [-0.15, -0.1) is 11.8 Å². The third-order valence-corrected chi connectivity index (χ3v) is 7.57. The summed E-state index contributed by atoms with van der Waals surface area (Å²) in [5.41, 5.74) is 4.66. The van der Waals surface area contributed by atoms with Crippen LogP contribution in [0, 0.1) is 5.92 Å². The lowest BCUT2D eigenvalue weighted by Gasteiger charge is -2.38. The fourth-order valence-corrected chi connectivity index (χ4v) is 6.12. The quantitative estimate of drug-likeness (QED) is 0.707. The molecule has 2 aromatic carbocycles. The van der Waals surface area contributed by atoms with Crippen molar-refractivity contribution in [3.05, 3.63) is 71.4 Å². The Bertz CT molecular complexity index is 953. The average molecular weight is 421 g/mol. The van der Waals surface area contributed by atoms with Crippen LogP contribution in [-0.4, -0.2) is 43.7 Å². The number of ketones is 1. The van der Waals surface area contributed by atoms with Crippen molar-refractivity contribution >= 4 is 23.2 Å². The summed E-state index contributed by atoms with van der Waals surface area (Å²) in [6, 6.07) is 19.2. The summed E-state index contributed by atoms with van der Waals surface area (Å²) >= 11 is 1.82. The molecule has 0 N–H and O–H groups in total. The van der Waals surface area contributed by atoms with Gasteiger partial charge in [0.1, 0.15) is 0 Å². The van der Waals surface area contributed by atoms with Gasteiger partial charge in [0.25, 0.3) is 0 Å². The molecule has 0 amide bonds. The first-order valence-electron chi connectivity index (χ1n) is 10.8. The number of carbonyl (C=O) groups excluding carboxylic acids is 1. The zero-order valence-corrected chi connectivity index (χ0v) is 18.2. The molecule has 0 saturated carbocycles. The Morgan fingerprint density at radius 2 is 1.73 bits per heavy atom. The number of ether oxygens (including phenoxy) is 1. The molecule has 0 aromatic heterocycles. The molecule has 2 atom stereocenters. The molecular weight excluding hydrogens is 392 g/mol. The number of hydrogen-bond donors (Lipinski definition) is 0. The zero-order valence-electron chi connectivity index (χ0n) is 17.4. The maximum Gasteiger partial charge on any atom is 0.162 e. The molecule has 30 heavy (non-hydrogen) atoms. The third kappa shape index (κ3) is 3.82. The first-order valence-corrected chi connectivity index (χ1v) is 11.7. The molecule has 5 heteroatoms. The third-order valence-electron chi connectivity index (χ3n) is 6.22. The molecule has 1 aliphatic carbocycles. The Morgan fingerprint density at radius 3 is 2.53 bits per heavy atom. The molecular formula is C25H28N2O2S. The van der Waals surface area contributed by atoms with Crippen molar-refractivity contribution in [2.75, 3.05) is 37.9 Å². The fourth-order valence-electron chi connectivity index (χ4n) is 4.73. The van der Waals surface area contributed by atoms with Crippen LogP contribution in [0.1, 0.15) is 30.6 Å². The van der Waals surface area contributed by atoms with E-state index in [0.29, 0.717) is 18.1 Å². The predicted molar refractivity (Wildman–Crippen MR) is 122 cm³/mol. The number of hydrogen-bond acceptors (Lipinski definition) is 5. The summed E-state index contributed by atoms with van der Waals surface area (Å²) in [7, 11) is 0. The Balaban J connectivity index is 1.65. The van der Waals surface area contributed by atoms with Gasteiger partial charge in [-0.1, -0.05) is 49.4 Å². The van der Waals surface area contributed by atoms with Crippen molar-refractivity contribution in [3.63, 3.8) is 0 Å². The van der Waals surface area contributed by atoms with Crippen LogP contribution in [0.3, 0.4) is 0 Å². The van der Waals surface area contributed by atoms with Crippen LogP contribution in [0.25, 0.3) is 0 Å². The summed E-state index contributed by atoms with van der Waals surface area (Å²) in [4.78, 5) is 19.6. The first kappa shape index (κ1) is 19.9. The second kappa shape index (κ2) is 8.58. The van der Waals surface area contributed by atoms with Crippen LogP contribution < -0.4 is 4.90 Å². The highest BCUT2D eigenvalue weighted by Gasteiger charge is 2.38. The molecule has 5 rings (SSSR count). The number of thioether (sulfide) groups is 1. The smallest absolute Gasteiger partial charge is 0.162 e. The van der Waals surface area contributed by atoms with E-state index in [9.17, 15) is 4.79 Å². The van der Waals surface area contributed by atoms with E-state index in [1.165, 1.54) is 21.8 Å². The van der Waals surface area contributed by atoms with Gasteiger partial charge in [-0.05, 0) is 30.0 Å². The van der Waals surface area contributed by atoms with Crippen molar-refractivity contribution in [3.8, 4) is 0 Å². The van der Waals surface area contributed by atoms with E-state index in [1.54, 1.807) is 0 Å². The predicted octanol–water partition coefficient (Wildman–Crippen LogP) is 4.88. The van der Waals surface area contributed by atoms with E-state index < -0.39 is 0 Å². The van der Waals surface area contributed by atoms with E-state index in [1.807, 2.05) is 17.8 Å². The van der Waals surface area contributed by atoms with E-state index in [2.05, 4.69) is 65.3 Å². The second-order valence-electron chi connectivity index (χ2n) is 8.47. The monoisotopic (exact) mass is 420 g/mol. The Labute approximate surface area is 182 Å². The number of rotatable bonds is 3. The number of benzene rings is 2. The van der Waals surface area contributed by atoms with E-state index in [4.69, 9.17) is 4.74 Å². The van der Waals surface area contributed by atoms with E-state index in [-0.39, 0.29) is 5.25 Å². The Hall–Kier alpha value is -2.08. The summed E-state index contributed by atoms with van der Waals surface area (Å²) < 4.78 is 5.57. The average Bonchev–Trinajstić information content (AvgIpc) is 2.90. The fraction of sp³-hybridized carbons (Fsp3) is 0.400. The molecule has 2 heterocycles. The Kier molecular flexibility index (Phi) is 5.68. The molecule has 1 saturated heterocycles. The van der Waals surface area contributed by atoms with Gasteiger partial charge in [0.05, 0.1) is 30.8 Å². The summed E-state index contributed by atoms with van der Waals surface area (Å²) in [6.07, 6.45) is 1.59. The van der Waals surface area contributed by atoms with Gasteiger partial charge in [0.15, 0.2) is 5.78 Å². The van der Waals surface area contributed by atoms with Crippen LogP contribution in [0.5, 0.6) is 0 Å². The minimum Gasteiger partial charge on any atom is -0.379 e.